The normalized spacial score (nSPS) is 11.3. The zero-order valence-corrected chi connectivity index (χ0v) is 9.74. The number of amides is 1. The average Bonchev–Trinajstić information content (AvgIpc) is 2.21. The van der Waals surface area contributed by atoms with Crippen molar-refractivity contribution in [2.75, 3.05) is 5.88 Å². The van der Waals surface area contributed by atoms with Crippen LogP contribution >= 0.6 is 11.6 Å². The molecule has 2 nitrogen and oxygen atoms in total. The Bertz CT molecular complexity index is 407. The third kappa shape index (κ3) is 2.92. The van der Waals surface area contributed by atoms with E-state index >= 15 is 0 Å². The molecule has 88 valence electrons. The van der Waals surface area contributed by atoms with Gasteiger partial charge in [-0.3, -0.25) is 4.79 Å². The molecule has 0 aliphatic heterocycles. The first-order chi connectivity index (χ1) is 7.37. The largest absolute Gasteiger partial charge is 0.346 e. The molecule has 1 amide bonds. The highest BCUT2D eigenvalue weighted by atomic mass is 35.5. The monoisotopic (exact) mass is 247 g/mol. The van der Waals surface area contributed by atoms with Crippen molar-refractivity contribution in [1.82, 2.24) is 5.32 Å². The third-order valence-electron chi connectivity index (χ3n) is 1.98. The van der Waals surface area contributed by atoms with E-state index in [1.165, 1.54) is 12.1 Å². The maximum Gasteiger partial charge on any atom is 0.254 e. The van der Waals surface area contributed by atoms with Crippen LogP contribution in [0.1, 0.15) is 24.2 Å². The fourth-order valence-electron chi connectivity index (χ4n) is 1.09. The van der Waals surface area contributed by atoms with E-state index in [0.717, 1.165) is 6.07 Å². The van der Waals surface area contributed by atoms with Crippen LogP contribution in [0.5, 0.6) is 0 Å². The van der Waals surface area contributed by atoms with Gasteiger partial charge in [0.25, 0.3) is 5.91 Å². The van der Waals surface area contributed by atoms with Gasteiger partial charge in [-0.05, 0) is 26.0 Å². The predicted octanol–water partition coefficient (Wildman–Crippen LogP) is 2.71. The molecule has 0 saturated carbocycles. The Morgan fingerprint density at radius 2 is 2.06 bits per heavy atom. The molecule has 0 aliphatic rings. The fraction of sp³-hybridized carbons (Fsp3) is 0.364. The van der Waals surface area contributed by atoms with Crippen LogP contribution in [0.25, 0.3) is 0 Å². The fourth-order valence-corrected chi connectivity index (χ4v) is 1.15. The lowest BCUT2D eigenvalue weighted by molar-refractivity contribution is 0.0915. The van der Waals surface area contributed by atoms with Crippen molar-refractivity contribution in [3.05, 3.63) is 35.4 Å². The Kier molecular flexibility index (Phi) is 3.86. The number of alkyl halides is 1. The number of halogens is 3. The Hall–Kier alpha value is -1.16. The molecule has 0 aliphatic carbocycles. The van der Waals surface area contributed by atoms with Crippen molar-refractivity contribution >= 4 is 17.5 Å². The van der Waals surface area contributed by atoms with Gasteiger partial charge in [0.05, 0.1) is 5.56 Å². The van der Waals surface area contributed by atoms with Crippen LogP contribution in [-0.2, 0) is 0 Å². The van der Waals surface area contributed by atoms with Crippen molar-refractivity contribution in [1.29, 1.82) is 0 Å². The van der Waals surface area contributed by atoms with Gasteiger partial charge in [0.15, 0.2) is 11.6 Å². The summed E-state index contributed by atoms with van der Waals surface area (Å²) in [4.78, 5) is 11.6. The minimum absolute atomic E-state index is 0.176. The lowest BCUT2D eigenvalue weighted by Crippen LogP contribution is -2.45. The molecule has 0 fully saturated rings. The molecule has 0 bridgehead atoms. The summed E-state index contributed by atoms with van der Waals surface area (Å²) in [5.41, 5.74) is -0.990. The van der Waals surface area contributed by atoms with Crippen LogP contribution in [0.15, 0.2) is 18.2 Å². The van der Waals surface area contributed by atoms with Crippen LogP contribution in [0.3, 0.4) is 0 Å². The van der Waals surface area contributed by atoms with Gasteiger partial charge in [0.2, 0.25) is 0 Å². The SMILES string of the molecule is CC(C)(CCl)NC(=O)c1cccc(F)c1F. The molecule has 0 unspecified atom stereocenters. The van der Waals surface area contributed by atoms with E-state index in [-0.39, 0.29) is 11.4 Å². The highest BCUT2D eigenvalue weighted by Gasteiger charge is 2.22. The summed E-state index contributed by atoms with van der Waals surface area (Å²) < 4.78 is 26.1. The summed E-state index contributed by atoms with van der Waals surface area (Å²) in [6.07, 6.45) is 0. The summed E-state index contributed by atoms with van der Waals surface area (Å²) in [6.45, 7) is 3.38. The first-order valence-corrected chi connectivity index (χ1v) is 5.23. The molecule has 5 heteroatoms. The second kappa shape index (κ2) is 4.78. The van der Waals surface area contributed by atoms with Crippen LogP contribution in [-0.4, -0.2) is 17.3 Å². The predicted molar refractivity (Wildman–Crippen MR) is 58.6 cm³/mol. The molecule has 0 saturated heterocycles. The molecule has 0 radical (unpaired) electrons. The number of hydrogen-bond donors (Lipinski definition) is 1. The van der Waals surface area contributed by atoms with E-state index in [2.05, 4.69) is 5.32 Å². The Labute approximate surface area is 97.6 Å². The molecule has 1 aromatic carbocycles. The highest BCUT2D eigenvalue weighted by molar-refractivity contribution is 6.18. The van der Waals surface area contributed by atoms with E-state index in [9.17, 15) is 13.6 Å². The van der Waals surface area contributed by atoms with Crippen LogP contribution in [0, 0.1) is 11.6 Å². The Morgan fingerprint density at radius 3 is 2.62 bits per heavy atom. The first-order valence-electron chi connectivity index (χ1n) is 4.70. The molecule has 0 atom stereocenters. The van der Waals surface area contributed by atoms with E-state index in [1.807, 2.05) is 0 Å². The standard InChI is InChI=1S/C11H12ClF2NO/c1-11(2,6-12)15-10(16)7-4-3-5-8(13)9(7)14/h3-5H,6H2,1-2H3,(H,15,16). The zero-order valence-electron chi connectivity index (χ0n) is 8.98. The maximum atomic E-state index is 13.3. The number of benzene rings is 1. The summed E-state index contributed by atoms with van der Waals surface area (Å²) in [7, 11) is 0. The van der Waals surface area contributed by atoms with Crippen molar-refractivity contribution in [2.24, 2.45) is 0 Å². The molecule has 0 heterocycles. The molecule has 0 spiro atoms. The van der Waals surface area contributed by atoms with Gasteiger partial charge in [-0.2, -0.15) is 0 Å². The number of nitrogens with one attached hydrogen (secondary N) is 1. The van der Waals surface area contributed by atoms with E-state index in [4.69, 9.17) is 11.6 Å². The number of carbonyl (C=O) groups excluding carboxylic acids is 1. The molecule has 0 aromatic heterocycles. The molecule has 16 heavy (non-hydrogen) atoms. The van der Waals surface area contributed by atoms with E-state index in [1.54, 1.807) is 13.8 Å². The Morgan fingerprint density at radius 1 is 1.44 bits per heavy atom. The lowest BCUT2D eigenvalue weighted by atomic mass is 10.1. The maximum absolute atomic E-state index is 13.3. The van der Waals surface area contributed by atoms with Gasteiger partial charge < -0.3 is 5.32 Å². The van der Waals surface area contributed by atoms with Gasteiger partial charge in [-0.1, -0.05) is 6.07 Å². The molecule has 1 N–H and O–H groups in total. The van der Waals surface area contributed by atoms with Crippen LogP contribution in [0.4, 0.5) is 8.78 Å². The van der Waals surface area contributed by atoms with Crippen molar-refractivity contribution < 1.29 is 13.6 Å². The number of hydrogen-bond acceptors (Lipinski definition) is 1. The highest BCUT2D eigenvalue weighted by Crippen LogP contribution is 2.13. The second-order valence-corrected chi connectivity index (χ2v) is 4.34. The van der Waals surface area contributed by atoms with Gasteiger partial charge >= 0.3 is 0 Å². The van der Waals surface area contributed by atoms with Crippen LogP contribution in [0.2, 0.25) is 0 Å². The minimum Gasteiger partial charge on any atom is -0.346 e. The molecular formula is C11H12ClF2NO. The zero-order chi connectivity index (χ0) is 12.3. The minimum atomic E-state index is -1.15. The van der Waals surface area contributed by atoms with Crippen molar-refractivity contribution in [3.63, 3.8) is 0 Å². The van der Waals surface area contributed by atoms with Gasteiger partial charge in [-0.15, -0.1) is 11.6 Å². The number of carbonyl (C=O) groups is 1. The smallest absolute Gasteiger partial charge is 0.254 e. The lowest BCUT2D eigenvalue weighted by Gasteiger charge is -2.23. The van der Waals surface area contributed by atoms with Crippen molar-refractivity contribution in [2.45, 2.75) is 19.4 Å². The van der Waals surface area contributed by atoms with Gasteiger partial charge in [-0.25, -0.2) is 8.78 Å². The molecular weight excluding hydrogens is 236 g/mol. The first kappa shape index (κ1) is 12.9. The Balaban J connectivity index is 2.94. The number of rotatable bonds is 3. The van der Waals surface area contributed by atoms with Crippen LogP contribution < -0.4 is 5.32 Å². The van der Waals surface area contributed by atoms with Gasteiger partial charge in [0.1, 0.15) is 0 Å². The summed E-state index contributed by atoms with van der Waals surface area (Å²) >= 11 is 5.61. The summed E-state index contributed by atoms with van der Waals surface area (Å²) in [5.74, 6) is -2.69. The van der Waals surface area contributed by atoms with E-state index < -0.39 is 23.1 Å². The average molecular weight is 248 g/mol. The van der Waals surface area contributed by atoms with E-state index in [0.29, 0.717) is 0 Å². The quantitative estimate of drug-likeness (QED) is 0.818. The summed E-state index contributed by atoms with van der Waals surface area (Å²) in [5, 5.41) is 2.51. The second-order valence-electron chi connectivity index (χ2n) is 4.07. The topological polar surface area (TPSA) is 29.1 Å². The van der Waals surface area contributed by atoms with Crippen molar-refractivity contribution in [3.8, 4) is 0 Å². The molecule has 1 rings (SSSR count). The molecule has 1 aromatic rings. The van der Waals surface area contributed by atoms with Gasteiger partial charge in [0, 0.05) is 11.4 Å². The third-order valence-corrected chi connectivity index (χ3v) is 2.65. The summed E-state index contributed by atoms with van der Waals surface area (Å²) in [6, 6.07) is 3.46.